The number of benzene rings is 1. The minimum atomic E-state index is -0.262. The Morgan fingerprint density at radius 1 is 1.45 bits per heavy atom. The van der Waals surface area contributed by atoms with Crippen LogP contribution in [-0.4, -0.2) is 26.8 Å². The fourth-order valence-electron chi connectivity index (χ4n) is 2.18. The van der Waals surface area contributed by atoms with E-state index in [9.17, 15) is 9.90 Å². The number of aromatic amines is 1. The van der Waals surface area contributed by atoms with Crippen molar-refractivity contribution in [2.24, 2.45) is 4.99 Å². The van der Waals surface area contributed by atoms with Crippen molar-refractivity contribution in [2.75, 3.05) is 0 Å². The first-order valence-corrected chi connectivity index (χ1v) is 6.39. The zero-order chi connectivity index (χ0) is 14.3. The predicted molar refractivity (Wildman–Crippen MR) is 80.0 cm³/mol. The number of hydrogen-bond donors (Lipinski definition) is 2. The number of aliphatic imine (C=N–C) groups is 1. The quantitative estimate of drug-likeness (QED) is 0.791. The van der Waals surface area contributed by atoms with Crippen LogP contribution in [0.3, 0.4) is 0 Å². The molecule has 0 amide bonds. The number of nitrogens with zero attached hydrogens (tertiary/aromatic N) is 2. The molecule has 1 aliphatic rings. The molecule has 0 atom stereocenters. The van der Waals surface area contributed by atoms with Crippen LogP contribution >= 0.6 is 12.2 Å². The lowest BCUT2D eigenvalue weighted by Crippen LogP contribution is -2.07. The van der Waals surface area contributed by atoms with Crippen molar-refractivity contribution >= 4 is 41.7 Å². The third-order valence-electron chi connectivity index (χ3n) is 3.08. The summed E-state index contributed by atoms with van der Waals surface area (Å²) in [5.41, 5.74) is 2.97. The van der Waals surface area contributed by atoms with E-state index < -0.39 is 0 Å². The van der Waals surface area contributed by atoms with Crippen molar-refractivity contribution in [2.45, 2.75) is 6.92 Å². The Hall–Kier alpha value is -2.47. The Balaban J connectivity index is 2.18. The molecule has 2 N–H and O–H groups in total. The lowest BCUT2D eigenvalue weighted by molar-refractivity contribution is 0.0934. The number of fused-ring (bicyclic) bond motifs is 1. The number of aromatic nitrogens is 2. The Morgan fingerprint density at radius 3 is 2.95 bits per heavy atom. The Bertz CT molecular complexity index is 827. The van der Waals surface area contributed by atoms with Gasteiger partial charge < -0.3 is 10.1 Å². The number of nitrogens with one attached hydrogen (secondary N) is 1. The van der Waals surface area contributed by atoms with Gasteiger partial charge in [-0.1, -0.05) is 18.2 Å². The van der Waals surface area contributed by atoms with Crippen LogP contribution in [0.2, 0.25) is 0 Å². The second-order valence-electron chi connectivity index (χ2n) is 4.39. The monoisotopic (exact) mass is 285 g/mol. The van der Waals surface area contributed by atoms with E-state index in [1.165, 1.54) is 11.5 Å². The van der Waals surface area contributed by atoms with E-state index in [2.05, 4.69) is 9.98 Å². The fraction of sp³-hybridized carbons (Fsp3) is 0.0714. The minimum Gasteiger partial charge on any atom is -0.493 e. The van der Waals surface area contributed by atoms with Crippen LogP contribution in [0.4, 0.5) is 5.69 Å². The fourth-order valence-corrected chi connectivity index (χ4v) is 2.51. The summed E-state index contributed by atoms with van der Waals surface area (Å²) in [6, 6.07) is 7.66. The van der Waals surface area contributed by atoms with Gasteiger partial charge in [-0.25, -0.2) is 0 Å². The van der Waals surface area contributed by atoms with E-state index in [0.717, 1.165) is 16.8 Å². The molecule has 100 valence electrons. The number of rotatable bonds is 1. The first-order chi connectivity index (χ1) is 9.58. The van der Waals surface area contributed by atoms with Crippen molar-refractivity contribution in [1.82, 2.24) is 9.55 Å². The first kappa shape index (κ1) is 12.6. The summed E-state index contributed by atoms with van der Waals surface area (Å²) in [5.74, 6) is -0.392. The molecule has 0 spiro atoms. The summed E-state index contributed by atoms with van der Waals surface area (Å²) in [5, 5.41) is 9.89. The standard InChI is InChI=1S/C14H11N3O2S/c1-8(18)17-12(13(19)16-14(17)20)6-9-7-15-11-5-3-2-4-10(9)11/h2-7,19H,1H3,(H,16,20)/b9-6+. The predicted octanol–water partition coefficient (Wildman–Crippen LogP) is 3.17. The molecule has 0 saturated heterocycles. The highest BCUT2D eigenvalue weighted by atomic mass is 32.1. The van der Waals surface area contributed by atoms with Crippen molar-refractivity contribution in [3.05, 3.63) is 40.3 Å². The summed E-state index contributed by atoms with van der Waals surface area (Å²) >= 11 is 5.02. The molecule has 3 rings (SSSR count). The number of hydrogen-bond acceptors (Lipinski definition) is 4. The summed E-state index contributed by atoms with van der Waals surface area (Å²) in [4.78, 5) is 18.5. The number of allylic oxidation sites excluding steroid dienone is 1. The van der Waals surface area contributed by atoms with E-state index in [1.54, 1.807) is 12.3 Å². The Labute approximate surface area is 119 Å². The molecular formula is C14H11N3O2S. The lowest BCUT2D eigenvalue weighted by atomic mass is 10.1. The maximum absolute atomic E-state index is 11.6. The molecule has 1 aromatic carbocycles. The number of carbonyl (C=O) groups is 1. The third kappa shape index (κ3) is 1.90. The van der Waals surface area contributed by atoms with Gasteiger partial charge in [-0.3, -0.25) is 14.4 Å². The Kier molecular flexibility index (Phi) is 2.87. The number of para-hydroxylation sites is 1. The molecule has 0 unspecified atom stereocenters. The molecule has 0 bridgehead atoms. The molecular weight excluding hydrogens is 274 g/mol. The maximum atomic E-state index is 11.6. The molecule has 1 aromatic heterocycles. The van der Waals surface area contributed by atoms with Gasteiger partial charge in [-0.2, -0.15) is 0 Å². The largest absolute Gasteiger partial charge is 0.493 e. The SMILES string of the molecule is CC(=O)n1c(/C=C2\C=Nc3ccccc32)c(O)[nH]c1=S. The van der Waals surface area contributed by atoms with Gasteiger partial charge in [-0.05, 0) is 24.4 Å². The Morgan fingerprint density at radius 2 is 2.20 bits per heavy atom. The van der Waals surface area contributed by atoms with Crippen molar-refractivity contribution < 1.29 is 9.90 Å². The van der Waals surface area contributed by atoms with Gasteiger partial charge in [0.1, 0.15) is 5.69 Å². The highest BCUT2D eigenvalue weighted by Crippen LogP contribution is 2.33. The highest BCUT2D eigenvalue weighted by Gasteiger charge is 2.16. The molecule has 1 aliphatic heterocycles. The van der Waals surface area contributed by atoms with Crippen LogP contribution in [0.5, 0.6) is 5.88 Å². The summed E-state index contributed by atoms with van der Waals surface area (Å²) in [6.45, 7) is 1.39. The molecule has 0 aliphatic carbocycles. The van der Waals surface area contributed by atoms with Crippen LogP contribution in [0.15, 0.2) is 29.3 Å². The van der Waals surface area contributed by atoms with Gasteiger partial charge in [0.15, 0.2) is 4.77 Å². The van der Waals surface area contributed by atoms with E-state index in [-0.39, 0.29) is 16.6 Å². The number of H-pyrrole nitrogens is 1. The molecule has 6 heteroatoms. The second kappa shape index (κ2) is 4.57. The smallest absolute Gasteiger partial charge is 0.230 e. The topological polar surface area (TPSA) is 70.4 Å². The van der Waals surface area contributed by atoms with Gasteiger partial charge in [0.2, 0.25) is 11.8 Å². The molecule has 20 heavy (non-hydrogen) atoms. The molecule has 0 fully saturated rings. The van der Waals surface area contributed by atoms with Gasteiger partial charge in [0.25, 0.3) is 0 Å². The molecule has 0 radical (unpaired) electrons. The van der Waals surface area contributed by atoms with Crippen molar-refractivity contribution in [3.8, 4) is 5.88 Å². The number of aromatic hydroxyl groups is 1. The zero-order valence-electron chi connectivity index (χ0n) is 10.6. The lowest BCUT2D eigenvalue weighted by Gasteiger charge is -2.02. The van der Waals surface area contributed by atoms with Gasteiger partial charge in [0, 0.05) is 24.3 Å². The summed E-state index contributed by atoms with van der Waals surface area (Å²) < 4.78 is 1.43. The maximum Gasteiger partial charge on any atom is 0.230 e. The van der Waals surface area contributed by atoms with E-state index in [0.29, 0.717) is 5.69 Å². The third-order valence-corrected chi connectivity index (χ3v) is 3.36. The van der Waals surface area contributed by atoms with E-state index >= 15 is 0 Å². The zero-order valence-corrected chi connectivity index (χ0v) is 11.4. The van der Waals surface area contributed by atoms with Crippen LogP contribution < -0.4 is 0 Å². The van der Waals surface area contributed by atoms with Crippen LogP contribution in [-0.2, 0) is 0 Å². The van der Waals surface area contributed by atoms with Crippen LogP contribution in [0.25, 0.3) is 11.6 Å². The first-order valence-electron chi connectivity index (χ1n) is 5.98. The van der Waals surface area contributed by atoms with E-state index in [4.69, 9.17) is 12.2 Å². The number of carbonyl (C=O) groups excluding carboxylic acids is 1. The second-order valence-corrected chi connectivity index (χ2v) is 4.78. The molecule has 5 nitrogen and oxygen atoms in total. The average Bonchev–Trinajstić information content (AvgIpc) is 2.92. The van der Waals surface area contributed by atoms with Gasteiger partial charge in [0.05, 0.1) is 5.69 Å². The number of imidazole rings is 1. The summed E-state index contributed by atoms with van der Waals surface area (Å²) in [7, 11) is 0. The summed E-state index contributed by atoms with van der Waals surface area (Å²) in [6.07, 6.45) is 3.39. The highest BCUT2D eigenvalue weighted by molar-refractivity contribution is 7.71. The van der Waals surface area contributed by atoms with Crippen LogP contribution in [0, 0.1) is 4.77 Å². The van der Waals surface area contributed by atoms with Gasteiger partial charge in [-0.15, -0.1) is 0 Å². The molecule has 0 saturated carbocycles. The molecule has 2 aromatic rings. The normalized spacial score (nSPS) is 14.8. The average molecular weight is 285 g/mol. The minimum absolute atomic E-state index is 0.129. The van der Waals surface area contributed by atoms with E-state index in [1.807, 2.05) is 24.3 Å². The van der Waals surface area contributed by atoms with Crippen molar-refractivity contribution in [3.63, 3.8) is 0 Å². The van der Waals surface area contributed by atoms with Gasteiger partial charge >= 0.3 is 0 Å². The van der Waals surface area contributed by atoms with Crippen molar-refractivity contribution in [1.29, 1.82) is 0 Å². The molecule has 2 heterocycles. The van der Waals surface area contributed by atoms with Crippen LogP contribution in [0.1, 0.15) is 23.0 Å².